The highest BCUT2D eigenvalue weighted by Crippen LogP contribution is 2.48. The van der Waals surface area contributed by atoms with E-state index in [2.05, 4.69) is 10.6 Å². The lowest BCUT2D eigenvalue weighted by Gasteiger charge is -2.16. The summed E-state index contributed by atoms with van der Waals surface area (Å²) in [6.07, 6.45) is 4.00. The normalized spacial score (nSPS) is 15.2. The van der Waals surface area contributed by atoms with E-state index in [-0.39, 0.29) is 35.2 Å². The lowest BCUT2D eigenvalue weighted by Crippen LogP contribution is -2.39. The Balaban J connectivity index is 0.00000320. The van der Waals surface area contributed by atoms with Gasteiger partial charge in [0, 0.05) is 24.8 Å². The molecule has 0 bridgehead atoms. The Morgan fingerprint density at radius 1 is 1.13 bits per heavy atom. The topological polar surface area (TPSA) is 70.6 Å². The average Bonchev–Trinajstić information content (AvgIpc) is 3.47. The van der Waals surface area contributed by atoms with Crippen LogP contribution in [0, 0.1) is 5.82 Å². The fraction of sp³-hybridized carbons (Fsp3) is 0.409. The summed E-state index contributed by atoms with van der Waals surface area (Å²) in [6, 6.07) is 13.8. The van der Waals surface area contributed by atoms with E-state index in [1.807, 2.05) is 25.1 Å². The molecule has 0 radical (unpaired) electrons. The summed E-state index contributed by atoms with van der Waals surface area (Å²) < 4.78 is 36.7. The number of nitrogens with zero attached hydrogens (tertiary/aromatic N) is 1. The predicted octanol–water partition coefficient (Wildman–Crippen LogP) is 3.68. The highest BCUT2D eigenvalue weighted by molar-refractivity contribution is 14.0. The number of benzene rings is 2. The van der Waals surface area contributed by atoms with Gasteiger partial charge in [0.05, 0.1) is 11.4 Å². The minimum Gasteiger partial charge on any atom is -0.357 e. The van der Waals surface area contributed by atoms with Gasteiger partial charge in [0.15, 0.2) is 15.8 Å². The van der Waals surface area contributed by atoms with E-state index in [1.54, 1.807) is 24.3 Å². The fourth-order valence-corrected chi connectivity index (χ4v) is 3.94. The zero-order valence-corrected chi connectivity index (χ0v) is 20.5. The van der Waals surface area contributed by atoms with Gasteiger partial charge in [-0.1, -0.05) is 24.3 Å². The summed E-state index contributed by atoms with van der Waals surface area (Å²) in [5.74, 6) is 0.535. The number of sulfone groups is 1. The maximum atomic E-state index is 13.6. The molecule has 0 unspecified atom stereocenters. The van der Waals surface area contributed by atoms with Crippen molar-refractivity contribution in [2.45, 2.75) is 36.5 Å². The maximum Gasteiger partial charge on any atom is 0.191 e. The van der Waals surface area contributed by atoms with Crippen LogP contribution in [-0.2, 0) is 21.7 Å². The Hall–Kier alpha value is -1.68. The lowest BCUT2D eigenvalue weighted by molar-refractivity contribution is 0.602. The second-order valence-electron chi connectivity index (χ2n) is 7.58. The molecule has 1 saturated carbocycles. The van der Waals surface area contributed by atoms with Gasteiger partial charge >= 0.3 is 0 Å². The zero-order valence-electron chi connectivity index (χ0n) is 17.3. The van der Waals surface area contributed by atoms with Gasteiger partial charge in [-0.05, 0) is 61.6 Å². The van der Waals surface area contributed by atoms with Crippen molar-refractivity contribution in [2.24, 2.45) is 4.99 Å². The van der Waals surface area contributed by atoms with Crippen molar-refractivity contribution in [3.63, 3.8) is 0 Å². The van der Waals surface area contributed by atoms with Gasteiger partial charge in [-0.2, -0.15) is 0 Å². The highest BCUT2D eigenvalue weighted by Gasteiger charge is 2.44. The number of aliphatic imine (C=N–C) groups is 1. The van der Waals surface area contributed by atoms with Crippen molar-refractivity contribution in [3.8, 4) is 0 Å². The highest BCUT2D eigenvalue weighted by atomic mass is 127. The monoisotopic (exact) mass is 545 g/mol. The van der Waals surface area contributed by atoms with Gasteiger partial charge in [0.2, 0.25) is 0 Å². The van der Waals surface area contributed by atoms with Crippen molar-refractivity contribution in [1.82, 2.24) is 10.6 Å². The first-order valence-electron chi connectivity index (χ1n) is 9.90. The van der Waals surface area contributed by atoms with E-state index in [0.29, 0.717) is 18.0 Å². The van der Waals surface area contributed by atoms with Crippen LogP contribution in [0.3, 0.4) is 0 Å². The number of nitrogens with one attached hydrogen (secondary N) is 2. The van der Waals surface area contributed by atoms with Gasteiger partial charge < -0.3 is 10.6 Å². The first kappa shape index (κ1) is 24.6. The van der Waals surface area contributed by atoms with Crippen LogP contribution >= 0.6 is 24.0 Å². The standard InChI is InChI=1S/C22H28FN3O2S.HI/c1-3-24-21(25-14-11-17-7-9-20(10-8-17)29(2,27)28)26-16-22(12-13-22)18-5-4-6-19(23)15-18;/h4-10,15H,3,11-14,16H2,1-2H3,(H2,24,25,26);1H. The number of rotatable bonds is 8. The molecule has 1 aliphatic carbocycles. The van der Waals surface area contributed by atoms with Crippen LogP contribution in [0.25, 0.3) is 0 Å². The SMILES string of the molecule is CCNC(=NCC1(c2cccc(F)c2)CC1)NCCc1ccc(S(C)(=O)=O)cc1.I. The zero-order chi connectivity index (χ0) is 20.9. The molecule has 164 valence electrons. The van der Waals surface area contributed by atoms with Gasteiger partial charge in [0.1, 0.15) is 5.82 Å². The third-order valence-corrected chi connectivity index (χ3v) is 6.36. The van der Waals surface area contributed by atoms with Crippen molar-refractivity contribution < 1.29 is 12.8 Å². The van der Waals surface area contributed by atoms with Crippen LogP contribution in [-0.4, -0.2) is 40.3 Å². The van der Waals surface area contributed by atoms with Crippen LogP contribution in [0.5, 0.6) is 0 Å². The molecular weight excluding hydrogens is 516 g/mol. The Morgan fingerprint density at radius 3 is 2.40 bits per heavy atom. The Labute approximate surface area is 195 Å². The second kappa shape index (κ2) is 10.6. The van der Waals surface area contributed by atoms with E-state index < -0.39 is 9.84 Å². The summed E-state index contributed by atoms with van der Waals surface area (Å²) in [7, 11) is -3.17. The van der Waals surface area contributed by atoms with Crippen LogP contribution in [0.1, 0.15) is 30.9 Å². The largest absolute Gasteiger partial charge is 0.357 e. The molecule has 8 heteroatoms. The Bertz CT molecular complexity index is 974. The minimum atomic E-state index is -3.17. The van der Waals surface area contributed by atoms with E-state index >= 15 is 0 Å². The minimum absolute atomic E-state index is 0. The molecule has 30 heavy (non-hydrogen) atoms. The molecule has 5 nitrogen and oxygen atoms in total. The Kier molecular flexibility index (Phi) is 8.66. The molecule has 0 aliphatic heterocycles. The quantitative estimate of drug-likeness (QED) is 0.302. The van der Waals surface area contributed by atoms with E-state index in [9.17, 15) is 12.8 Å². The second-order valence-corrected chi connectivity index (χ2v) is 9.59. The molecule has 3 rings (SSSR count). The molecular formula is C22H29FIN3O2S. The molecule has 2 N–H and O–H groups in total. The van der Waals surface area contributed by atoms with Gasteiger partial charge in [0.25, 0.3) is 0 Å². The molecule has 0 heterocycles. The molecule has 2 aromatic carbocycles. The van der Waals surface area contributed by atoms with E-state index in [1.165, 1.54) is 12.3 Å². The van der Waals surface area contributed by atoms with Crippen molar-refractivity contribution in [2.75, 3.05) is 25.9 Å². The average molecular weight is 545 g/mol. The van der Waals surface area contributed by atoms with Crippen LogP contribution in [0.15, 0.2) is 58.4 Å². The molecule has 1 fully saturated rings. The summed E-state index contributed by atoms with van der Waals surface area (Å²) in [5, 5.41) is 6.57. The fourth-order valence-electron chi connectivity index (χ4n) is 3.31. The smallest absolute Gasteiger partial charge is 0.191 e. The van der Waals surface area contributed by atoms with Crippen molar-refractivity contribution in [1.29, 1.82) is 0 Å². The summed E-state index contributed by atoms with van der Waals surface area (Å²) in [6.45, 7) is 4.06. The third kappa shape index (κ3) is 6.66. The number of guanidine groups is 1. The van der Waals surface area contributed by atoms with E-state index in [0.717, 1.165) is 42.9 Å². The van der Waals surface area contributed by atoms with Crippen molar-refractivity contribution >= 4 is 39.8 Å². The molecule has 0 saturated heterocycles. The van der Waals surface area contributed by atoms with Crippen molar-refractivity contribution in [3.05, 3.63) is 65.5 Å². The molecule has 2 aromatic rings. The summed E-state index contributed by atoms with van der Waals surface area (Å²) >= 11 is 0. The number of hydrogen-bond acceptors (Lipinski definition) is 3. The predicted molar refractivity (Wildman–Crippen MR) is 130 cm³/mol. The number of halogens is 2. The molecule has 0 spiro atoms. The van der Waals surface area contributed by atoms with Crippen LogP contribution in [0.4, 0.5) is 4.39 Å². The maximum absolute atomic E-state index is 13.6. The van der Waals surface area contributed by atoms with Gasteiger partial charge in [-0.25, -0.2) is 12.8 Å². The first-order valence-corrected chi connectivity index (χ1v) is 11.8. The van der Waals surface area contributed by atoms with Crippen LogP contribution in [0.2, 0.25) is 0 Å². The first-order chi connectivity index (χ1) is 13.8. The van der Waals surface area contributed by atoms with Gasteiger partial charge in [-0.15, -0.1) is 24.0 Å². The molecule has 0 amide bonds. The number of hydrogen-bond donors (Lipinski definition) is 2. The summed E-state index contributed by atoms with van der Waals surface area (Å²) in [5.41, 5.74) is 2.02. The van der Waals surface area contributed by atoms with E-state index in [4.69, 9.17) is 4.99 Å². The van der Waals surface area contributed by atoms with Crippen LogP contribution < -0.4 is 10.6 Å². The third-order valence-electron chi connectivity index (χ3n) is 5.23. The summed E-state index contributed by atoms with van der Waals surface area (Å²) in [4.78, 5) is 5.05. The Morgan fingerprint density at radius 2 is 1.83 bits per heavy atom. The molecule has 1 aliphatic rings. The molecule has 0 aromatic heterocycles. The lowest BCUT2D eigenvalue weighted by atomic mass is 9.96. The molecule has 0 atom stereocenters. The van der Waals surface area contributed by atoms with Gasteiger partial charge in [-0.3, -0.25) is 4.99 Å².